The van der Waals surface area contributed by atoms with Crippen molar-refractivity contribution in [2.75, 3.05) is 6.54 Å². The number of aromatic nitrogens is 2. The number of hydrogen-bond acceptors (Lipinski definition) is 3. The number of nitrogens with two attached hydrogens (primary N) is 1. The van der Waals surface area contributed by atoms with E-state index in [9.17, 15) is 4.79 Å². The molecule has 20 heavy (non-hydrogen) atoms. The third kappa shape index (κ3) is 2.41. The molecule has 5 heteroatoms. The zero-order valence-corrected chi connectivity index (χ0v) is 11.7. The summed E-state index contributed by atoms with van der Waals surface area (Å²) in [5.74, 6) is -0.471. The van der Waals surface area contributed by atoms with Gasteiger partial charge in [-0.15, -0.1) is 0 Å². The minimum Gasteiger partial charge on any atom is -0.364 e. The van der Waals surface area contributed by atoms with Crippen LogP contribution in [0.4, 0.5) is 0 Å². The lowest BCUT2D eigenvalue weighted by molar-refractivity contribution is 0.0995. The van der Waals surface area contributed by atoms with Crippen LogP contribution in [-0.2, 0) is 6.54 Å². The van der Waals surface area contributed by atoms with Crippen molar-refractivity contribution in [3.05, 3.63) is 29.6 Å². The van der Waals surface area contributed by atoms with Crippen LogP contribution >= 0.6 is 0 Å². The number of piperidine rings is 1. The zero-order valence-electron chi connectivity index (χ0n) is 11.7. The van der Waals surface area contributed by atoms with Crippen LogP contribution in [-0.4, -0.2) is 33.4 Å². The van der Waals surface area contributed by atoms with Crippen LogP contribution < -0.4 is 5.73 Å². The van der Waals surface area contributed by atoms with E-state index in [-0.39, 0.29) is 0 Å². The maximum absolute atomic E-state index is 11.4. The first kappa shape index (κ1) is 13.1. The van der Waals surface area contributed by atoms with Gasteiger partial charge in [-0.2, -0.15) is 0 Å². The van der Waals surface area contributed by atoms with E-state index in [1.807, 2.05) is 18.3 Å². The van der Waals surface area contributed by atoms with Crippen molar-refractivity contribution in [2.24, 2.45) is 5.73 Å². The highest BCUT2D eigenvalue weighted by Gasteiger charge is 2.20. The minimum atomic E-state index is -0.471. The summed E-state index contributed by atoms with van der Waals surface area (Å²) in [7, 11) is 0. The van der Waals surface area contributed by atoms with Crippen LogP contribution in [0, 0.1) is 0 Å². The van der Waals surface area contributed by atoms with Gasteiger partial charge in [0, 0.05) is 18.8 Å². The Labute approximate surface area is 118 Å². The van der Waals surface area contributed by atoms with Gasteiger partial charge in [0.15, 0.2) is 0 Å². The van der Waals surface area contributed by atoms with Crippen molar-refractivity contribution >= 4 is 16.9 Å². The van der Waals surface area contributed by atoms with Crippen molar-refractivity contribution in [1.82, 2.24) is 14.9 Å². The molecule has 5 nitrogen and oxygen atoms in total. The second-order valence-corrected chi connectivity index (χ2v) is 5.58. The van der Waals surface area contributed by atoms with Crippen LogP contribution in [0.5, 0.6) is 0 Å². The van der Waals surface area contributed by atoms with Crippen LogP contribution in [0.25, 0.3) is 11.0 Å². The molecule has 3 rings (SSSR count). The molecular formula is C15H20N4O. The first-order chi connectivity index (χ1) is 9.65. The Hall–Kier alpha value is -1.88. The number of rotatable bonds is 3. The van der Waals surface area contributed by atoms with E-state index < -0.39 is 5.91 Å². The van der Waals surface area contributed by atoms with E-state index >= 15 is 0 Å². The van der Waals surface area contributed by atoms with Gasteiger partial charge < -0.3 is 10.7 Å². The highest BCUT2D eigenvalue weighted by atomic mass is 16.1. The molecule has 1 unspecified atom stereocenters. The van der Waals surface area contributed by atoms with Crippen molar-refractivity contribution in [1.29, 1.82) is 0 Å². The molecule has 3 N–H and O–H groups in total. The van der Waals surface area contributed by atoms with Gasteiger partial charge in [-0.1, -0.05) is 6.42 Å². The average molecular weight is 272 g/mol. The van der Waals surface area contributed by atoms with Gasteiger partial charge in [-0.3, -0.25) is 9.69 Å². The number of H-pyrrole nitrogens is 1. The van der Waals surface area contributed by atoms with Gasteiger partial charge in [-0.05, 0) is 44.0 Å². The molecule has 0 radical (unpaired) electrons. The molecule has 1 aliphatic heterocycles. The Morgan fingerprint density at radius 3 is 3.15 bits per heavy atom. The summed E-state index contributed by atoms with van der Waals surface area (Å²) in [5, 5.41) is 0. The van der Waals surface area contributed by atoms with E-state index in [4.69, 9.17) is 5.73 Å². The molecule has 3 heterocycles. The molecular weight excluding hydrogens is 252 g/mol. The number of likely N-dealkylation sites (tertiary alicyclic amines) is 1. The molecule has 1 atom stereocenters. The van der Waals surface area contributed by atoms with Crippen LogP contribution in [0.15, 0.2) is 18.3 Å². The highest BCUT2D eigenvalue weighted by Crippen LogP contribution is 2.23. The SMILES string of the molecule is CC1CCCCN1Cc1cc(C(N)=O)nc2cc[nH]c12. The summed E-state index contributed by atoms with van der Waals surface area (Å²) in [6.45, 7) is 4.21. The predicted octanol–water partition coefficient (Wildman–Crippen LogP) is 2.04. The minimum absolute atomic E-state index is 0.344. The van der Waals surface area contributed by atoms with Gasteiger partial charge >= 0.3 is 0 Å². The number of carbonyl (C=O) groups excluding carboxylic acids is 1. The van der Waals surface area contributed by atoms with E-state index in [2.05, 4.69) is 21.8 Å². The molecule has 106 valence electrons. The molecule has 0 spiro atoms. The normalized spacial score (nSPS) is 20.4. The smallest absolute Gasteiger partial charge is 0.267 e. The first-order valence-electron chi connectivity index (χ1n) is 7.16. The second kappa shape index (κ2) is 5.25. The van der Waals surface area contributed by atoms with E-state index in [1.54, 1.807) is 0 Å². The number of nitrogens with one attached hydrogen (secondary N) is 1. The van der Waals surface area contributed by atoms with E-state index in [1.165, 1.54) is 19.3 Å². The average Bonchev–Trinajstić information content (AvgIpc) is 2.89. The summed E-state index contributed by atoms with van der Waals surface area (Å²) in [6.07, 6.45) is 5.64. The Bertz CT molecular complexity index is 634. The van der Waals surface area contributed by atoms with Crippen molar-refractivity contribution in [3.8, 4) is 0 Å². The fourth-order valence-electron chi connectivity index (χ4n) is 2.97. The standard InChI is InChI=1S/C15H20N4O/c1-10-4-2-3-7-19(10)9-11-8-13(15(16)20)18-12-5-6-17-14(11)12/h5-6,8,10,17H,2-4,7,9H2,1H3,(H2,16,20). The highest BCUT2D eigenvalue weighted by molar-refractivity contribution is 5.94. The third-order valence-corrected chi connectivity index (χ3v) is 4.16. The van der Waals surface area contributed by atoms with Gasteiger partial charge in [-0.25, -0.2) is 4.98 Å². The number of nitrogens with zero attached hydrogens (tertiary/aromatic N) is 2. The summed E-state index contributed by atoms with van der Waals surface area (Å²) in [5.41, 5.74) is 8.64. The van der Waals surface area contributed by atoms with Gasteiger partial charge in [0.2, 0.25) is 0 Å². The molecule has 0 aliphatic carbocycles. The third-order valence-electron chi connectivity index (χ3n) is 4.16. The van der Waals surface area contributed by atoms with Crippen LogP contribution in [0.2, 0.25) is 0 Å². The monoisotopic (exact) mass is 272 g/mol. The molecule has 1 aliphatic rings. The maximum Gasteiger partial charge on any atom is 0.267 e. The summed E-state index contributed by atoms with van der Waals surface area (Å²) in [4.78, 5) is 21.4. The topological polar surface area (TPSA) is 75.0 Å². The molecule has 0 bridgehead atoms. The molecule has 0 saturated carbocycles. The van der Waals surface area contributed by atoms with Gasteiger partial charge in [0.1, 0.15) is 5.69 Å². The number of amides is 1. The number of carbonyl (C=O) groups is 1. The zero-order chi connectivity index (χ0) is 14.1. The predicted molar refractivity (Wildman–Crippen MR) is 78.3 cm³/mol. The molecule has 1 saturated heterocycles. The van der Waals surface area contributed by atoms with E-state index in [0.717, 1.165) is 29.7 Å². The molecule has 2 aromatic rings. The fraction of sp³-hybridized carbons (Fsp3) is 0.467. The first-order valence-corrected chi connectivity index (χ1v) is 7.16. The molecule has 2 aromatic heterocycles. The summed E-state index contributed by atoms with van der Waals surface area (Å²) >= 11 is 0. The van der Waals surface area contributed by atoms with E-state index in [0.29, 0.717) is 11.7 Å². The van der Waals surface area contributed by atoms with Crippen LogP contribution in [0.1, 0.15) is 42.2 Å². The Morgan fingerprint density at radius 2 is 2.40 bits per heavy atom. The van der Waals surface area contributed by atoms with Crippen LogP contribution in [0.3, 0.4) is 0 Å². The fourth-order valence-corrected chi connectivity index (χ4v) is 2.97. The number of pyridine rings is 1. The molecule has 1 fully saturated rings. The molecule has 1 amide bonds. The number of hydrogen-bond donors (Lipinski definition) is 2. The Balaban J connectivity index is 1.96. The van der Waals surface area contributed by atoms with Crippen molar-refractivity contribution < 1.29 is 4.79 Å². The van der Waals surface area contributed by atoms with Gasteiger partial charge in [0.05, 0.1) is 11.0 Å². The lowest BCUT2D eigenvalue weighted by Crippen LogP contribution is -2.36. The maximum atomic E-state index is 11.4. The second-order valence-electron chi connectivity index (χ2n) is 5.58. The largest absolute Gasteiger partial charge is 0.364 e. The Kier molecular flexibility index (Phi) is 3.44. The quantitative estimate of drug-likeness (QED) is 0.897. The molecule has 0 aromatic carbocycles. The van der Waals surface area contributed by atoms with Crippen molar-refractivity contribution in [2.45, 2.75) is 38.8 Å². The summed E-state index contributed by atoms with van der Waals surface area (Å²) in [6, 6.07) is 4.28. The summed E-state index contributed by atoms with van der Waals surface area (Å²) < 4.78 is 0. The number of fused-ring (bicyclic) bond motifs is 1. The van der Waals surface area contributed by atoms with Crippen molar-refractivity contribution in [3.63, 3.8) is 0 Å². The lowest BCUT2D eigenvalue weighted by atomic mass is 10.0. The number of aromatic amines is 1. The van der Waals surface area contributed by atoms with Gasteiger partial charge in [0.25, 0.3) is 5.91 Å². The number of primary amides is 1. The lowest BCUT2D eigenvalue weighted by Gasteiger charge is -2.33. The Morgan fingerprint density at radius 1 is 1.55 bits per heavy atom.